The standard InChI is InChI=1S/C19H23ClN4O3/c1-2-8-23(18(26)12-24-9-4-3-5-17(24)25)11-16-21-15-10-13(20)6-7-14(15)19(27)22-16/h6-7,10H,2-5,8-9,11-12H2,1H3,(H,21,22,27). The number of nitrogens with one attached hydrogen (secondary N) is 1. The highest BCUT2D eigenvalue weighted by molar-refractivity contribution is 6.31. The van der Waals surface area contributed by atoms with Gasteiger partial charge in [-0.3, -0.25) is 14.4 Å². The third-order valence-electron chi connectivity index (χ3n) is 4.65. The van der Waals surface area contributed by atoms with E-state index in [1.165, 1.54) is 0 Å². The third kappa shape index (κ3) is 4.66. The van der Waals surface area contributed by atoms with Crippen LogP contribution in [-0.4, -0.2) is 51.2 Å². The van der Waals surface area contributed by atoms with E-state index < -0.39 is 0 Å². The summed E-state index contributed by atoms with van der Waals surface area (Å²) in [6.07, 6.45) is 3.07. The van der Waals surface area contributed by atoms with E-state index >= 15 is 0 Å². The lowest BCUT2D eigenvalue weighted by molar-refractivity contribution is -0.142. The van der Waals surface area contributed by atoms with Gasteiger partial charge in [-0.15, -0.1) is 0 Å². The number of carbonyl (C=O) groups is 2. The van der Waals surface area contributed by atoms with Crippen molar-refractivity contribution in [2.24, 2.45) is 0 Å². The predicted octanol–water partition coefficient (Wildman–Crippen LogP) is 2.33. The van der Waals surface area contributed by atoms with Crippen LogP contribution in [-0.2, 0) is 16.1 Å². The Labute approximate surface area is 162 Å². The summed E-state index contributed by atoms with van der Waals surface area (Å²) in [5.74, 6) is 0.292. The van der Waals surface area contributed by atoms with Crippen LogP contribution in [0.3, 0.4) is 0 Å². The molecule has 0 aliphatic carbocycles. The van der Waals surface area contributed by atoms with Gasteiger partial charge < -0.3 is 14.8 Å². The first kappa shape index (κ1) is 19.4. The van der Waals surface area contributed by atoms with Crippen LogP contribution in [0.2, 0.25) is 5.02 Å². The van der Waals surface area contributed by atoms with Gasteiger partial charge in [0.25, 0.3) is 5.56 Å². The fourth-order valence-electron chi connectivity index (χ4n) is 3.27. The Bertz CT molecular complexity index is 911. The highest BCUT2D eigenvalue weighted by Crippen LogP contribution is 2.15. The highest BCUT2D eigenvalue weighted by Gasteiger charge is 2.23. The van der Waals surface area contributed by atoms with Crippen LogP contribution >= 0.6 is 11.6 Å². The van der Waals surface area contributed by atoms with E-state index in [1.807, 2.05) is 6.92 Å². The maximum Gasteiger partial charge on any atom is 0.258 e. The van der Waals surface area contributed by atoms with Crippen molar-refractivity contribution in [3.63, 3.8) is 0 Å². The minimum absolute atomic E-state index is 0.0259. The Kier molecular flexibility index (Phi) is 6.11. The minimum atomic E-state index is -0.262. The first-order valence-electron chi connectivity index (χ1n) is 9.22. The minimum Gasteiger partial charge on any atom is -0.334 e. The molecule has 0 spiro atoms. The Morgan fingerprint density at radius 1 is 1.33 bits per heavy atom. The molecular weight excluding hydrogens is 368 g/mol. The van der Waals surface area contributed by atoms with Crippen LogP contribution in [0.25, 0.3) is 10.9 Å². The van der Waals surface area contributed by atoms with Gasteiger partial charge in [0.15, 0.2) is 0 Å². The van der Waals surface area contributed by atoms with E-state index in [2.05, 4.69) is 9.97 Å². The maximum absolute atomic E-state index is 12.7. The molecule has 2 heterocycles. The number of aromatic amines is 1. The molecule has 1 N–H and O–H groups in total. The fourth-order valence-corrected chi connectivity index (χ4v) is 3.44. The first-order chi connectivity index (χ1) is 13.0. The number of H-pyrrole nitrogens is 1. The number of carbonyl (C=O) groups excluding carboxylic acids is 2. The third-order valence-corrected chi connectivity index (χ3v) is 4.89. The van der Waals surface area contributed by atoms with Crippen LogP contribution in [0.1, 0.15) is 38.4 Å². The molecule has 3 rings (SSSR count). The maximum atomic E-state index is 12.7. The molecule has 2 aromatic rings. The number of aromatic nitrogens is 2. The number of nitrogens with zero attached hydrogens (tertiary/aromatic N) is 3. The second kappa shape index (κ2) is 8.52. The van der Waals surface area contributed by atoms with Crippen molar-refractivity contribution >= 4 is 34.3 Å². The van der Waals surface area contributed by atoms with Crippen LogP contribution < -0.4 is 5.56 Å². The van der Waals surface area contributed by atoms with Gasteiger partial charge in [-0.2, -0.15) is 0 Å². The predicted molar refractivity (Wildman–Crippen MR) is 104 cm³/mol. The topological polar surface area (TPSA) is 86.4 Å². The van der Waals surface area contributed by atoms with Crippen molar-refractivity contribution in [3.8, 4) is 0 Å². The molecule has 144 valence electrons. The van der Waals surface area contributed by atoms with Crippen LogP contribution in [0.5, 0.6) is 0 Å². The molecule has 2 amide bonds. The van der Waals surface area contributed by atoms with E-state index in [1.54, 1.807) is 28.0 Å². The Morgan fingerprint density at radius 3 is 2.89 bits per heavy atom. The van der Waals surface area contributed by atoms with E-state index in [0.29, 0.717) is 41.3 Å². The van der Waals surface area contributed by atoms with E-state index in [0.717, 1.165) is 19.3 Å². The number of piperidine rings is 1. The van der Waals surface area contributed by atoms with Gasteiger partial charge >= 0.3 is 0 Å². The zero-order valence-corrected chi connectivity index (χ0v) is 16.1. The van der Waals surface area contributed by atoms with Gasteiger partial charge in [0, 0.05) is 24.5 Å². The summed E-state index contributed by atoms with van der Waals surface area (Å²) < 4.78 is 0. The van der Waals surface area contributed by atoms with Crippen molar-refractivity contribution in [1.82, 2.24) is 19.8 Å². The monoisotopic (exact) mass is 390 g/mol. The highest BCUT2D eigenvalue weighted by atomic mass is 35.5. The Morgan fingerprint density at radius 2 is 2.15 bits per heavy atom. The van der Waals surface area contributed by atoms with Crippen LogP contribution in [0.15, 0.2) is 23.0 Å². The SMILES string of the molecule is CCCN(Cc1nc2cc(Cl)ccc2c(=O)[nH]1)C(=O)CN1CCCCC1=O. The quantitative estimate of drug-likeness (QED) is 0.820. The molecule has 0 radical (unpaired) electrons. The summed E-state index contributed by atoms with van der Waals surface area (Å²) in [5, 5.41) is 0.951. The van der Waals surface area contributed by atoms with Gasteiger partial charge in [-0.25, -0.2) is 4.98 Å². The first-order valence-corrected chi connectivity index (χ1v) is 9.59. The molecule has 7 nitrogen and oxygen atoms in total. The van der Waals surface area contributed by atoms with E-state index in [-0.39, 0.29) is 30.5 Å². The number of hydrogen-bond acceptors (Lipinski definition) is 4. The molecule has 1 aliphatic heterocycles. The second-order valence-electron chi connectivity index (χ2n) is 6.76. The molecular formula is C19H23ClN4O3. The summed E-state index contributed by atoms with van der Waals surface area (Å²) >= 11 is 6.00. The second-order valence-corrected chi connectivity index (χ2v) is 7.20. The number of amides is 2. The van der Waals surface area contributed by atoms with Crippen LogP contribution in [0, 0.1) is 0 Å². The van der Waals surface area contributed by atoms with Crippen molar-refractivity contribution in [2.45, 2.75) is 39.2 Å². The lowest BCUT2D eigenvalue weighted by Crippen LogP contribution is -2.45. The van der Waals surface area contributed by atoms with Crippen LogP contribution in [0.4, 0.5) is 0 Å². The van der Waals surface area contributed by atoms with Gasteiger partial charge in [-0.05, 0) is 37.5 Å². The average Bonchev–Trinajstić information content (AvgIpc) is 2.63. The van der Waals surface area contributed by atoms with Gasteiger partial charge in [0.05, 0.1) is 24.0 Å². The summed E-state index contributed by atoms with van der Waals surface area (Å²) in [4.78, 5) is 47.4. The number of rotatable bonds is 6. The average molecular weight is 391 g/mol. The number of benzene rings is 1. The zero-order chi connectivity index (χ0) is 19.4. The summed E-state index contributed by atoms with van der Waals surface area (Å²) in [6.45, 7) is 3.38. The van der Waals surface area contributed by atoms with Crippen molar-refractivity contribution < 1.29 is 9.59 Å². The molecule has 27 heavy (non-hydrogen) atoms. The van der Waals surface area contributed by atoms with E-state index in [9.17, 15) is 14.4 Å². The molecule has 1 fully saturated rings. The zero-order valence-electron chi connectivity index (χ0n) is 15.3. The molecule has 0 bridgehead atoms. The molecule has 8 heteroatoms. The summed E-state index contributed by atoms with van der Waals surface area (Å²) in [7, 11) is 0. The molecule has 0 saturated carbocycles. The molecule has 1 aromatic carbocycles. The van der Waals surface area contributed by atoms with Gasteiger partial charge in [0.1, 0.15) is 5.82 Å². The van der Waals surface area contributed by atoms with Gasteiger partial charge in [-0.1, -0.05) is 18.5 Å². The molecule has 1 aliphatic rings. The van der Waals surface area contributed by atoms with Crippen molar-refractivity contribution in [1.29, 1.82) is 0 Å². The Hall–Kier alpha value is -2.41. The van der Waals surface area contributed by atoms with Crippen molar-refractivity contribution in [3.05, 3.63) is 39.4 Å². The number of fused-ring (bicyclic) bond motifs is 1. The van der Waals surface area contributed by atoms with E-state index in [4.69, 9.17) is 11.6 Å². The molecule has 1 saturated heterocycles. The number of hydrogen-bond donors (Lipinski definition) is 1. The molecule has 0 atom stereocenters. The smallest absolute Gasteiger partial charge is 0.258 e. The van der Waals surface area contributed by atoms with Gasteiger partial charge in [0.2, 0.25) is 11.8 Å². The molecule has 1 aromatic heterocycles. The summed E-state index contributed by atoms with van der Waals surface area (Å²) in [6, 6.07) is 4.90. The Balaban J connectivity index is 1.79. The normalized spacial score (nSPS) is 14.6. The largest absolute Gasteiger partial charge is 0.334 e. The fraction of sp³-hybridized carbons (Fsp3) is 0.474. The number of likely N-dealkylation sites (tertiary alicyclic amines) is 1. The molecule has 0 unspecified atom stereocenters. The van der Waals surface area contributed by atoms with Crippen molar-refractivity contribution in [2.75, 3.05) is 19.6 Å². The number of halogens is 1. The lowest BCUT2D eigenvalue weighted by atomic mass is 10.1. The summed E-state index contributed by atoms with van der Waals surface area (Å²) in [5.41, 5.74) is 0.234. The lowest BCUT2D eigenvalue weighted by Gasteiger charge is -2.29.